The average Bonchev–Trinajstić information content (AvgIpc) is 1.81. The molecule has 6 nitrogen and oxygen atoms in total. The Balaban J connectivity index is -0.000000180. The zero-order valence-corrected chi connectivity index (χ0v) is 11.0. The van der Waals surface area contributed by atoms with E-state index in [1.165, 1.54) is 0 Å². The first-order valence-electron chi connectivity index (χ1n) is 3.99. The van der Waals surface area contributed by atoms with Crippen LogP contribution in [0.15, 0.2) is 0 Å². The molecular formula is C6H14O6S3. The summed E-state index contributed by atoms with van der Waals surface area (Å²) in [6, 6.07) is 0. The molecule has 0 atom stereocenters. The van der Waals surface area contributed by atoms with Crippen LogP contribution in [0.1, 0.15) is 26.7 Å². The summed E-state index contributed by atoms with van der Waals surface area (Å²) in [6.45, 7) is 3.30. The van der Waals surface area contributed by atoms with E-state index in [4.69, 9.17) is 0 Å². The first kappa shape index (κ1) is 20.6. The second-order valence-corrected chi connectivity index (χ2v) is 5.57. The first-order chi connectivity index (χ1) is 6.12. The van der Waals surface area contributed by atoms with Crippen molar-refractivity contribution >= 4 is 33.7 Å². The molecule has 0 unspecified atom stereocenters. The lowest BCUT2D eigenvalue weighted by Gasteiger charge is -2.01. The molecule has 0 spiro atoms. The topological polar surface area (TPSA) is 114 Å². The van der Waals surface area contributed by atoms with Crippen LogP contribution in [0.5, 0.6) is 0 Å². The van der Waals surface area contributed by atoms with Gasteiger partial charge < -0.3 is 9.11 Å². The van der Waals surface area contributed by atoms with Crippen molar-refractivity contribution in [2.45, 2.75) is 26.7 Å². The van der Waals surface area contributed by atoms with Gasteiger partial charge in [0.05, 0.1) is 20.2 Å². The summed E-state index contributed by atoms with van der Waals surface area (Å²) in [5.74, 6) is -0.486. The lowest BCUT2D eigenvalue weighted by Crippen LogP contribution is -2.01. The Hall–Kier alpha value is 0.170. The second-order valence-electron chi connectivity index (χ2n) is 2.52. The fourth-order valence-electron chi connectivity index (χ4n) is 0.500. The van der Waals surface area contributed by atoms with E-state index < -0.39 is 20.2 Å². The van der Waals surface area contributed by atoms with E-state index in [9.17, 15) is 25.9 Å². The largest absolute Gasteiger partial charge is 2.00 e. The molecule has 0 rings (SSSR count). The number of hydrogen-bond acceptors (Lipinski definition) is 6. The minimum atomic E-state index is -3.92. The van der Waals surface area contributed by atoms with Crippen LogP contribution in [0.3, 0.4) is 0 Å². The molecule has 0 aromatic heterocycles. The molecule has 0 saturated carbocycles. The molecule has 92 valence electrons. The summed E-state index contributed by atoms with van der Waals surface area (Å²) in [4.78, 5) is 0. The van der Waals surface area contributed by atoms with Gasteiger partial charge in [-0.2, -0.15) is 0 Å². The Morgan fingerprint density at radius 1 is 0.800 bits per heavy atom. The van der Waals surface area contributed by atoms with E-state index in [1.54, 1.807) is 13.8 Å². The van der Waals surface area contributed by atoms with E-state index in [-0.39, 0.29) is 25.0 Å². The van der Waals surface area contributed by atoms with Gasteiger partial charge in [-0.3, -0.25) is 0 Å². The highest BCUT2D eigenvalue weighted by molar-refractivity contribution is 7.85. The third kappa shape index (κ3) is 31.4. The predicted molar refractivity (Wildman–Crippen MR) is 57.1 cm³/mol. The normalized spacial score (nSPS) is 10.9. The minimum Gasteiger partial charge on any atom is -0.748 e. The van der Waals surface area contributed by atoms with Crippen LogP contribution in [-0.2, 0) is 33.7 Å². The average molecular weight is 278 g/mol. The third-order valence-corrected chi connectivity index (χ3v) is 2.72. The minimum absolute atomic E-state index is 0. The maximum Gasteiger partial charge on any atom is 2.00 e. The van der Waals surface area contributed by atoms with E-state index in [0.717, 1.165) is 0 Å². The van der Waals surface area contributed by atoms with Crippen molar-refractivity contribution in [3.8, 4) is 0 Å². The summed E-state index contributed by atoms with van der Waals surface area (Å²) in [5, 5.41) is 0. The summed E-state index contributed by atoms with van der Waals surface area (Å²) in [7, 11) is -7.85. The summed E-state index contributed by atoms with van der Waals surface area (Å²) >= 11 is 0. The van der Waals surface area contributed by atoms with Crippen molar-refractivity contribution in [2.75, 3.05) is 11.5 Å². The highest BCUT2D eigenvalue weighted by Crippen LogP contribution is 1.83. The van der Waals surface area contributed by atoms with Gasteiger partial charge >= 0.3 is 13.5 Å². The lowest BCUT2D eigenvalue weighted by atomic mass is 10.6. The molecule has 9 heteroatoms. The molecule has 0 aliphatic rings. The van der Waals surface area contributed by atoms with Gasteiger partial charge in [0, 0.05) is 11.5 Å². The van der Waals surface area contributed by atoms with Gasteiger partial charge in [0.2, 0.25) is 0 Å². The van der Waals surface area contributed by atoms with Crippen LogP contribution in [-0.4, -0.2) is 37.4 Å². The van der Waals surface area contributed by atoms with Gasteiger partial charge in [-0.25, -0.2) is 16.8 Å². The first-order valence-corrected chi connectivity index (χ1v) is 7.15. The molecule has 0 fully saturated rings. The standard InChI is InChI=1S/2C3H8O3S.S/c2*1-2-3-7(4,5)6;/h2*2-3H2,1H3,(H,4,5,6);/q;;+2/p-2. The van der Waals surface area contributed by atoms with Crippen molar-refractivity contribution in [3.05, 3.63) is 0 Å². The quantitative estimate of drug-likeness (QED) is 0.662. The molecule has 4 radical (unpaired) electrons. The molecule has 0 bridgehead atoms. The predicted octanol–water partition coefficient (Wildman–Crippen LogP) is -0.119. The van der Waals surface area contributed by atoms with Crippen LogP contribution < -0.4 is 0 Å². The van der Waals surface area contributed by atoms with Gasteiger partial charge in [-0.1, -0.05) is 13.8 Å². The molecule has 0 heterocycles. The second kappa shape index (κ2) is 9.40. The van der Waals surface area contributed by atoms with E-state index in [2.05, 4.69) is 0 Å². The zero-order chi connectivity index (χ0) is 11.8. The van der Waals surface area contributed by atoms with Crippen molar-refractivity contribution in [1.82, 2.24) is 0 Å². The lowest BCUT2D eigenvalue weighted by molar-refractivity contribution is 0.460. The highest BCUT2D eigenvalue weighted by Gasteiger charge is 2.00. The Morgan fingerprint density at radius 3 is 1.00 bits per heavy atom. The maximum absolute atomic E-state index is 9.68. The summed E-state index contributed by atoms with van der Waals surface area (Å²) in [6.07, 6.45) is 0.817. The summed E-state index contributed by atoms with van der Waals surface area (Å²) < 4.78 is 58.1. The van der Waals surface area contributed by atoms with Gasteiger partial charge in [0.1, 0.15) is 0 Å². The van der Waals surface area contributed by atoms with Crippen molar-refractivity contribution in [1.29, 1.82) is 0 Å². The van der Waals surface area contributed by atoms with Crippen LogP contribution in [0.4, 0.5) is 0 Å². The van der Waals surface area contributed by atoms with Crippen LogP contribution in [0, 0.1) is 0 Å². The summed E-state index contributed by atoms with van der Waals surface area (Å²) in [5.41, 5.74) is 0. The molecule has 0 amide bonds. The zero-order valence-electron chi connectivity index (χ0n) is 8.50. The number of rotatable bonds is 4. The van der Waals surface area contributed by atoms with Crippen molar-refractivity contribution in [2.24, 2.45) is 0 Å². The molecule has 0 aliphatic carbocycles. The fraction of sp³-hybridized carbons (Fsp3) is 1.00. The maximum atomic E-state index is 9.68. The Labute approximate surface area is 98.0 Å². The van der Waals surface area contributed by atoms with Crippen LogP contribution in [0.25, 0.3) is 0 Å². The van der Waals surface area contributed by atoms with Crippen molar-refractivity contribution < 1.29 is 25.9 Å². The van der Waals surface area contributed by atoms with Gasteiger partial charge in [-0.05, 0) is 12.8 Å². The van der Waals surface area contributed by atoms with Crippen LogP contribution >= 0.6 is 0 Å². The van der Waals surface area contributed by atoms with E-state index in [1.807, 2.05) is 0 Å². The van der Waals surface area contributed by atoms with Gasteiger partial charge in [0.15, 0.2) is 0 Å². The van der Waals surface area contributed by atoms with Gasteiger partial charge in [0.25, 0.3) is 0 Å². The molecule has 0 aliphatic heterocycles. The van der Waals surface area contributed by atoms with Crippen LogP contribution in [0.2, 0.25) is 0 Å². The molecule has 0 aromatic carbocycles. The Kier molecular flexibility index (Phi) is 12.9. The molecule has 15 heavy (non-hydrogen) atoms. The van der Waals surface area contributed by atoms with E-state index in [0.29, 0.717) is 12.8 Å². The molecule has 0 saturated heterocycles. The monoisotopic (exact) mass is 278 g/mol. The van der Waals surface area contributed by atoms with Gasteiger partial charge in [-0.15, -0.1) is 0 Å². The molecular weight excluding hydrogens is 264 g/mol. The molecule has 0 aromatic rings. The highest BCUT2D eigenvalue weighted by atomic mass is 32.2. The van der Waals surface area contributed by atoms with E-state index >= 15 is 0 Å². The fourth-order valence-corrected chi connectivity index (χ4v) is 1.50. The molecule has 0 N–H and O–H groups in total. The third-order valence-electron chi connectivity index (χ3n) is 0.908. The smallest absolute Gasteiger partial charge is 0.748 e. The number of hydrogen-bond donors (Lipinski definition) is 0. The Morgan fingerprint density at radius 2 is 1.00 bits per heavy atom. The van der Waals surface area contributed by atoms with Crippen molar-refractivity contribution in [3.63, 3.8) is 0 Å². The SMILES string of the molecule is CCCS(=O)(=O)[O-].CCCS(=O)(=O)[O-].[S+2]. The Bertz CT molecular complexity index is 283.